The summed E-state index contributed by atoms with van der Waals surface area (Å²) >= 11 is 0. The van der Waals surface area contributed by atoms with E-state index in [1.54, 1.807) is 35.5 Å². The summed E-state index contributed by atoms with van der Waals surface area (Å²) in [7, 11) is 0. The third-order valence-corrected chi connectivity index (χ3v) is 3.57. The van der Waals surface area contributed by atoms with Crippen molar-refractivity contribution in [1.82, 2.24) is 19.8 Å². The molecular formula is C16H21N5O2. The summed E-state index contributed by atoms with van der Waals surface area (Å²) in [5.74, 6) is -0.359. The molecule has 1 saturated heterocycles. The topological polar surface area (TPSA) is 69.6 Å². The number of hydrogen-bond acceptors (Lipinski definition) is 5. The summed E-state index contributed by atoms with van der Waals surface area (Å²) in [5.41, 5.74) is 0. The third kappa shape index (κ3) is 4.15. The van der Waals surface area contributed by atoms with Crippen LogP contribution in [0, 0.1) is 0 Å². The molecule has 2 heterocycles. The minimum absolute atomic E-state index is 0.328. The van der Waals surface area contributed by atoms with E-state index in [0.717, 1.165) is 0 Å². The van der Waals surface area contributed by atoms with E-state index in [1.165, 1.54) is 4.90 Å². The fraction of sp³-hybridized carbons (Fsp3) is 0.375. The molecule has 0 N–H and O–H groups in total. The first-order chi connectivity index (χ1) is 11.2. The van der Waals surface area contributed by atoms with E-state index in [-0.39, 0.29) is 0 Å². The fourth-order valence-electron chi connectivity index (χ4n) is 2.39. The zero-order valence-electron chi connectivity index (χ0n) is 13.1. The predicted octanol–water partition coefficient (Wildman–Crippen LogP) is 0.326. The zero-order valence-corrected chi connectivity index (χ0v) is 13.1. The minimum Gasteiger partial charge on any atom is -0.337 e. The number of carbonyl (C=O) groups excluding carboxylic acids is 2. The number of hydrogen-bond donors (Lipinski definition) is 0. The first-order valence-electron chi connectivity index (χ1n) is 7.49. The normalized spacial score (nSPS) is 14.3. The standard InChI is InChI=1S/C16H21N5O2/c1-3-8-19(9-4-2)14(22)15(23)20-10-12-21(13-11-20)16-17-6-5-7-18-16/h3-7H,1-2,8-13H2. The van der Waals surface area contributed by atoms with E-state index in [0.29, 0.717) is 45.2 Å². The first-order valence-corrected chi connectivity index (χ1v) is 7.49. The highest BCUT2D eigenvalue weighted by Crippen LogP contribution is 2.10. The molecule has 0 radical (unpaired) electrons. The van der Waals surface area contributed by atoms with E-state index >= 15 is 0 Å². The van der Waals surface area contributed by atoms with Gasteiger partial charge in [-0.05, 0) is 6.07 Å². The molecule has 1 aromatic rings. The average Bonchev–Trinajstić information content (AvgIpc) is 2.61. The lowest BCUT2D eigenvalue weighted by Crippen LogP contribution is -2.53. The van der Waals surface area contributed by atoms with E-state index < -0.39 is 11.8 Å². The maximum Gasteiger partial charge on any atom is 0.312 e. The Hall–Kier alpha value is -2.70. The molecule has 122 valence electrons. The van der Waals surface area contributed by atoms with Gasteiger partial charge in [-0.3, -0.25) is 9.59 Å². The van der Waals surface area contributed by atoms with Crippen molar-refractivity contribution in [1.29, 1.82) is 0 Å². The van der Waals surface area contributed by atoms with Crippen LogP contribution in [0.3, 0.4) is 0 Å². The van der Waals surface area contributed by atoms with Crippen molar-refractivity contribution < 1.29 is 9.59 Å². The molecule has 1 aliphatic rings. The second kappa shape index (κ2) is 8.07. The van der Waals surface area contributed by atoms with Gasteiger partial charge < -0.3 is 14.7 Å². The van der Waals surface area contributed by atoms with Crippen LogP contribution in [-0.4, -0.2) is 70.9 Å². The van der Waals surface area contributed by atoms with E-state index in [4.69, 9.17) is 0 Å². The monoisotopic (exact) mass is 315 g/mol. The molecule has 0 saturated carbocycles. The molecule has 7 nitrogen and oxygen atoms in total. The van der Waals surface area contributed by atoms with E-state index in [9.17, 15) is 9.59 Å². The van der Waals surface area contributed by atoms with Gasteiger partial charge in [0.2, 0.25) is 5.95 Å². The number of aromatic nitrogens is 2. The van der Waals surface area contributed by atoms with Gasteiger partial charge >= 0.3 is 11.8 Å². The summed E-state index contributed by atoms with van der Waals surface area (Å²) in [5, 5.41) is 0. The van der Waals surface area contributed by atoms with Crippen molar-refractivity contribution in [3.63, 3.8) is 0 Å². The summed E-state index contributed by atoms with van der Waals surface area (Å²) in [6.45, 7) is 10.0. The number of amides is 2. The molecule has 1 aromatic heterocycles. The Morgan fingerprint density at radius 1 is 1.09 bits per heavy atom. The van der Waals surface area contributed by atoms with Gasteiger partial charge in [-0.1, -0.05) is 12.2 Å². The van der Waals surface area contributed by atoms with Crippen LogP contribution in [0.1, 0.15) is 0 Å². The Balaban J connectivity index is 1.93. The largest absolute Gasteiger partial charge is 0.337 e. The highest BCUT2D eigenvalue weighted by molar-refractivity contribution is 6.35. The lowest BCUT2D eigenvalue weighted by molar-refractivity contribution is -0.151. The van der Waals surface area contributed by atoms with E-state index in [1.807, 2.05) is 4.90 Å². The second-order valence-electron chi connectivity index (χ2n) is 5.12. The Labute approximate surface area is 135 Å². The maximum atomic E-state index is 12.3. The Kier molecular flexibility index (Phi) is 5.85. The molecule has 0 aliphatic carbocycles. The van der Waals surface area contributed by atoms with Crippen LogP contribution in [0.4, 0.5) is 5.95 Å². The van der Waals surface area contributed by atoms with Gasteiger partial charge in [0.15, 0.2) is 0 Å². The number of carbonyl (C=O) groups is 2. The summed E-state index contributed by atoms with van der Waals surface area (Å²) in [6, 6.07) is 1.76. The molecule has 0 aromatic carbocycles. The zero-order chi connectivity index (χ0) is 16.7. The van der Waals surface area contributed by atoms with Crippen molar-refractivity contribution in [3.8, 4) is 0 Å². The highest BCUT2D eigenvalue weighted by atomic mass is 16.2. The van der Waals surface area contributed by atoms with Crippen LogP contribution >= 0.6 is 0 Å². The van der Waals surface area contributed by atoms with Crippen molar-refractivity contribution >= 4 is 17.8 Å². The van der Waals surface area contributed by atoms with Crippen LogP contribution < -0.4 is 4.90 Å². The Morgan fingerprint density at radius 3 is 2.17 bits per heavy atom. The van der Waals surface area contributed by atoms with Gasteiger partial charge in [0.1, 0.15) is 0 Å². The molecule has 23 heavy (non-hydrogen) atoms. The number of anilines is 1. The summed E-state index contributed by atoms with van der Waals surface area (Å²) < 4.78 is 0. The Bertz CT molecular complexity index is 557. The summed E-state index contributed by atoms with van der Waals surface area (Å²) in [6.07, 6.45) is 6.57. The van der Waals surface area contributed by atoms with Crippen LogP contribution in [0.5, 0.6) is 0 Å². The van der Waals surface area contributed by atoms with Gasteiger partial charge in [-0.15, -0.1) is 13.2 Å². The quantitative estimate of drug-likeness (QED) is 0.578. The number of nitrogens with zero attached hydrogens (tertiary/aromatic N) is 5. The van der Waals surface area contributed by atoms with Crippen LogP contribution in [0.25, 0.3) is 0 Å². The van der Waals surface area contributed by atoms with Crippen molar-refractivity contribution in [3.05, 3.63) is 43.8 Å². The lowest BCUT2D eigenvalue weighted by atomic mass is 10.3. The second-order valence-corrected chi connectivity index (χ2v) is 5.12. The van der Waals surface area contributed by atoms with Gasteiger partial charge in [-0.25, -0.2) is 9.97 Å². The highest BCUT2D eigenvalue weighted by Gasteiger charge is 2.29. The molecule has 0 unspecified atom stereocenters. The van der Waals surface area contributed by atoms with Crippen LogP contribution in [0.2, 0.25) is 0 Å². The predicted molar refractivity (Wildman–Crippen MR) is 87.8 cm³/mol. The minimum atomic E-state index is -0.519. The molecule has 1 fully saturated rings. The molecular weight excluding hydrogens is 294 g/mol. The number of rotatable bonds is 5. The smallest absolute Gasteiger partial charge is 0.312 e. The van der Waals surface area contributed by atoms with Gasteiger partial charge in [0.05, 0.1) is 0 Å². The summed E-state index contributed by atoms with van der Waals surface area (Å²) in [4.78, 5) is 38.0. The van der Waals surface area contributed by atoms with Gasteiger partial charge in [0.25, 0.3) is 0 Å². The average molecular weight is 315 g/mol. The van der Waals surface area contributed by atoms with Crippen LogP contribution in [0.15, 0.2) is 43.8 Å². The first kappa shape index (κ1) is 16.7. The molecule has 0 spiro atoms. The van der Waals surface area contributed by atoms with Gasteiger partial charge in [0, 0.05) is 51.7 Å². The Morgan fingerprint density at radius 2 is 1.65 bits per heavy atom. The third-order valence-electron chi connectivity index (χ3n) is 3.57. The number of piperazine rings is 1. The lowest BCUT2D eigenvalue weighted by Gasteiger charge is -2.35. The molecule has 1 aliphatic heterocycles. The van der Waals surface area contributed by atoms with Crippen molar-refractivity contribution in [2.75, 3.05) is 44.2 Å². The van der Waals surface area contributed by atoms with E-state index in [2.05, 4.69) is 23.1 Å². The maximum absolute atomic E-state index is 12.3. The van der Waals surface area contributed by atoms with Crippen molar-refractivity contribution in [2.45, 2.75) is 0 Å². The molecule has 7 heteroatoms. The SMILES string of the molecule is C=CCN(CC=C)C(=O)C(=O)N1CCN(c2ncccn2)CC1. The fourth-order valence-corrected chi connectivity index (χ4v) is 2.39. The van der Waals surface area contributed by atoms with Crippen LogP contribution in [-0.2, 0) is 9.59 Å². The van der Waals surface area contributed by atoms with Crippen molar-refractivity contribution in [2.24, 2.45) is 0 Å². The molecule has 0 bridgehead atoms. The van der Waals surface area contributed by atoms with Gasteiger partial charge in [-0.2, -0.15) is 0 Å². The molecule has 2 rings (SSSR count). The molecule has 0 atom stereocenters. The molecule has 2 amide bonds.